The molecular weight excluding hydrogens is 115 g/mol. The van der Waals surface area contributed by atoms with Crippen molar-refractivity contribution >= 4 is 0 Å². The Hall–Kier alpha value is -0.770. The maximum Gasteiger partial charge on any atom is 0.110 e. The first-order valence-corrected chi connectivity index (χ1v) is 2.97. The Morgan fingerprint density at radius 3 is 2.89 bits per heavy atom. The average molecular weight is 125 g/mol. The van der Waals surface area contributed by atoms with E-state index in [2.05, 4.69) is 12.8 Å². The molecule has 0 rings (SSSR count). The van der Waals surface area contributed by atoms with Crippen molar-refractivity contribution in [3.8, 4) is 12.1 Å². The predicted molar refractivity (Wildman–Crippen MR) is 37.2 cm³/mol. The van der Waals surface area contributed by atoms with E-state index in [0.29, 0.717) is 0 Å². The smallest absolute Gasteiger partial charge is 0.110 e. The summed E-state index contributed by atoms with van der Waals surface area (Å²) in [5, 5.41) is 0. The molecule has 0 N–H and O–H groups in total. The van der Waals surface area contributed by atoms with Crippen molar-refractivity contribution in [3.05, 3.63) is 19.1 Å². The van der Waals surface area contributed by atoms with Gasteiger partial charge in [0.25, 0.3) is 0 Å². The molecule has 0 saturated heterocycles. The molecule has 0 aromatic heterocycles. The molecule has 0 aromatic rings. The van der Waals surface area contributed by atoms with Gasteiger partial charge in [-0.25, -0.2) is 0 Å². The Balaban J connectivity index is 3.11. The Morgan fingerprint density at radius 1 is 1.56 bits per heavy atom. The second kappa shape index (κ2) is 7.23. The summed E-state index contributed by atoms with van der Waals surface area (Å²) in [4.78, 5) is 0. The van der Waals surface area contributed by atoms with Gasteiger partial charge in [0, 0.05) is 0 Å². The van der Waals surface area contributed by atoms with Crippen molar-refractivity contribution in [2.75, 3.05) is 0 Å². The summed E-state index contributed by atoms with van der Waals surface area (Å²) < 4.78 is 11.1. The maximum absolute atomic E-state index is 11.1. The Kier molecular flexibility index (Phi) is 6.61. The topological polar surface area (TPSA) is 0 Å². The van der Waals surface area contributed by atoms with E-state index in [1.54, 1.807) is 0 Å². The molecule has 0 aromatic carbocycles. The van der Waals surface area contributed by atoms with Gasteiger partial charge in [-0.05, 0) is 24.8 Å². The fourth-order valence-electron chi connectivity index (χ4n) is 0.436. The summed E-state index contributed by atoms with van der Waals surface area (Å²) in [5.41, 5.74) is 0. The summed E-state index contributed by atoms with van der Waals surface area (Å²) in [6.07, 6.45) is 7.57. The minimum Gasteiger partial charge on any atom is -0.144 e. The standard InChI is InChI=1S/C8H10F/c1-2-3-4-5-6-7-8-9/h5-6H,1-4H2/b6-5+. The van der Waals surface area contributed by atoms with Crippen LogP contribution < -0.4 is 0 Å². The van der Waals surface area contributed by atoms with E-state index in [4.69, 9.17) is 0 Å². The van der Waals surface area contributed by atoms with E-state index >= 15 is 0 Å². The van der Waals surface area contributed by atoms with Crippen LogP contribution in [0.3, 0.4) is 0 Å². The fraction of sp³-hybridized carbons (Fsp3) is 0.375. The van der Waals surface area contributed by atoms with Gasteiger partial charge in [0.05, 0.1) is 0 Å². The third-order valence-corrected chi connectivity index (χ3v) is 0.877. The van der Waals surface area contributed by atoms with E-state index in [1.807, 2.05) is 6.08 Å². The van der Waals surface area contributed by atoms with E-state index in [-0.39, 0.29) is 0 Å². The van der Waals surface area contributed by atoms with Gasteiger partial charge in [-0.1, -0.05) is 19.4 Å². The lowest BCUT2D eigenvalue weighted by Gasteiger charge is -1.83. The highest BCUT2D eigenvalue weighted by Gasteiger charge is 1.74. The number of allylic oxidation sites excluding steroid dienone is 2. The molecule has 0 aliphatic rings. The van der Waals surface area contributed by atoms with Gasteiger partial charge in [-0.2, -0.15) is 0 Å². The van der Waals surface area contributed by atoms with E-state index in [0.717, 1.165) is 19.3 Å². The zero-order valence-electron chi connectivity index (χ0n) is 5.36. The van der Waals surface area contributed by atoms with Crippen LogP contribution in [0.2, 0.25) is 0 Å². The molecule has 0 unspecified atom stereocenters. The van der Waals surface area contributed by atoms with Crippen LogP contribution in [0.25, 0.3) is 0 Å². The van der Waals surface area contributed by atoms with Crippen molar-refractivity contribution in [1.29, 1.82) is 0 Å². The maximum atomic E-state index is 11.1. The molecule has 0 heterocycles. The van der Waals surface area contributed by atoms with Gasteiger partial charge in [-0.3, -0.25) is 0 Å². The van der Waals surface area contributed by atoms with Crippen molar-refractivity contribution < 1.29 is 4.39 Å². The highest BCUT2D eigenvalue weighted by Crippen LogP contribution is 1.93. The molecule has 0 nitrogen and oxygen atoms in total. The fourth-order valence-corrected chi connectivity index (χ4v) is 0.436. The van der Waals surface area contributed by atoms with Crippen molar-refractivity contribution in [2.24, 2.45) is 0 Å². The van der Waals surface area contributed by atoms with Crippen LogP contribution in [0.1, 0.15) is 19.3 Å². The lowest BCUT2D eigenvalue weighted by molar-refractivity contribution is 0.774. The van der Waals surface area contributed by atoms with Crippen LogP contribution in [0, 0.1) is 19.0 Å². The molecule has 9 heavy (non-hydrogen) atoms. The van der Waals surface area contributed by atoms with Crippen LogP contribution in [-0.4, -0.2) is 0 Å². The normalized spacial score (nSPS) is 9.11. The summed E-state index contributed by atoms with van der Waals surface area (Å²) >= 11 is 0. The molecule has 0 spiro atoms. The molecule has 0 bridgehead atoms. The van der Waals surface area contributed by atoms with E-state index in [1.165, 1.54) is 12.3 Å². The summed E-state index contributed by atoms with van der Waals surface area (Å²) in [6.45, 7) is 3.66. The third-order valence-electron chi connectivity index (χ3n) is 0.877. The Labute approximate surface area is 55.8 Å². The molecule has 0 aliphatic heterocycles. The zero-order chi connectivity index (χ0) is 6.95. The number of rotatable bonds is 3. The zero-order valence-corrected chi connectivity index (χ0v) is 5.36. The largest absolute Gasteiger partial charge is 0.144 e. The number of unbranched alkanes of at least 4 members (excludes halogenated alkanes) is 2. The van der Waals surface area contributed by atoms with Crippen LogP contribution in [-0.2, 0) is 0 Å². The first-order valence-electron chi connectivity index (χ1n) is 2.97. The Bertz CT molecular complexity index is 125. The monoisotopic (exact) mass is 125 g/mol. The van der Waals surface area contributed by atoms with Crippen molar-refractivity contribution in [2.45, 2.75) is 19.3 Å². The first kappa shape index (κ1) is 8.23. The quantitative estimate of drug-likeness (QED) is 0.401. The van der Waals surface area contributed by atoms with Crippen LogP contribution in [0.15, 0.2) is 12.2 Å². The van der Waals surface area contributed by atoms with Crippen molar-refractivity contribution in [1.82, 2.24) is 0 Å². The van der Waals surface area contributed by atoms with Gasteiger partial charge >= 0.3 is 0 Å². The van der Waals surface area contributed by atoms with E-state index in [9.17, 15) is 4.39 Å². The van der Waals surface area contributed by atoms with Crippen LogP contribution in [0.5, 0.6) is 0 Å². The van der Waals surface area contributed by atoms with E-state index < -0.39 is 0 Å². The highest BCUT2D eigenvalue weighted by molar-refractivity contribution is 5.11. The van der Waals surface area contributed by atoms with Crippen LogP contribution >= 0.6 is 0 Å². The number of hydrogen-bond acceptors (Lipinski definition) is 0. The minimum atomic E-state index is 0.924. The molecular formula is C8H10F. The lowest BCUT2D eigenvalue weighted by atomic mass is 10.2. The Morgan fingerprint density at radius 2 is 2.33 bits per heavy atom. The highest BCUT2D eigenvalue weighted by atomic mass is 19.1. The van der Waals surface area contributed by atoms with Gasteiger partial charge in [0.1, 0.15) is 6.17 Å². The average Bonchev–Trinajstić information content (AvgIpc) is 1.89. The summed E-state index contributed by atoms with van der Waals surface area (Å²) in [6, 6.07) is 0. The summed E-state index contributed by atoms with van der Waals surface area (Å²) in [5.74, 6) is 2.19. The molecule has 0 fully saturated rings. The van der Waals surface area contributed by atoms with Gasteiger partial charge in [-0.15, -0.1) is 4.39 Å². The third kappa shape index (κ3) is 7.23. The molecule has 0 amide bonds. The second-order valence-electron chi connectivity index (χ2n) is 1.64. The molecule has 1 radical (unpaired) electrons. The van der Waals surface area contributed by atoms with Crippen molar-refractivity contribution in [3.63, 3.8) is 0 Å². The number of halogens is 1. The molecule has 0 saturated carbocycles. The molecule has 0 aliphatic carbocycles. The van der Waals surface area contributed by atoms with Gasteiger partial charge < -0.3 is 0 Å². The summed E-state index contributed by atoms with van der Waals surface area (Å²) in [7, 11) is 0. The second-order valence-corrected chi connectivity index (χ2v) is 1.64. The predicted octanol–water partition coefficient (Wildman–Crippen LogP) is 2.48. The molecule has 49 valence electrons. The minimum absolute atomic E-state index is 0.924. The van der Waals surface area contributed by atoms with Gasteiger partial charge in [0.15, 0.2) is 0 Å². The lowest BCUT2D eigenvalue weighted by Crippen LogP contribution is -1.64. The number of hydrogen-bond donors (Lipinski definition) is 0. The molecule has 0 atom stereocenters. The molecule has 1 heteroatoms. The first-order chi connectivity index (χ1) is 4.41. The van der Waals surface area contributed by atoms with Crippen LogP contribution in [0.4, 0.5) is 4.39 Å². The SMILES string of the molecule is [CH2]CCC/C=C/C#CF. The van der Waals surface area contributed by atoms with Gasteiger partial charge in [0.2, 0.25) is 0 Å².